The van der Waals surface area contributed by atoms with Gasteiger partial charge in [-0.25, -0.2) is 0 Å². The molecule has 0 aromatic heterocycles. The van der Waals surface area contributed by atoms with Crippen molar-refractivity contribution in [3.8, 4) is 0 Å². The lowest BCUT2D eigenvalue weighted by molar-refractivity contribution is -0.385. The van der Waals surface area contributed by atoms with E-state index < -0.39 is 34.9 Å². The third-order valence-corrected chi connectivity index (χ3v) is 5.49. The number of amides is 3. The molecule has 2 aromatic rings. The minimum absolute atomic E-state index is 0.0662. The van der Waals surface area contributed by atoms with E-state index in [2.05, 4.69) is 22.2 Å². The van der Waals surface area contributed by atoms with Gasteiger partial charge < -0.3 is 15.1 Å². The molecular weight excluding hydrogens is 402 g/mol. The topological polar surface area (TPSA) is 116 Å². The average molecular weight is 423 g/mol. The van der Waals surface area contributed by atoms with E-state index in [4.69, 9.17) is 0 Å². The SMILES string of the molecule is CN1CCN(c2ccc(NC(=O)CN3C(=O)c4cccc([N+](=O)[O-])c4C3=O)cc2)CC1. The standard InChI is InChI=1S/C21H21N5O5/c1-23-9-11-24(12-10-23)15-7-5-14(6-8-15)22-18(27)13-25-20(28)16-3-2-4-17(26(30)31)19(16)21(25)29/h2-8H,9-13H2,1H3,(H,22,27). The van der Waals surface area contributed by atoms with Gasteiger partial charge in [0.1, 0.15) is 12.1 Å². The Morgan fingerprint density at radius 2 is 1.71 bits per heavy atom. The number of imide groups is 1. The van der Waals surface area contributed by atoms with E-state index in [1.807, 2.05) is 12.1 Å². The maximum absolute atomic E-state index is 12.6. The fraction of sp³-hybridized carbons (Fsp3) is 0.286. The first-order chi connectivity index (χ1) is 14.8. The van der Waals surface area contributed by atoms with Crippen molar-refractivity contribution < 1.29 is 19.3 Å². The molecule has 2 aliphatic rings. The summed E-state index contributed by atoms with van der Waals surface area (Å²) in [5, 5.41) is 13.8. The van der Waals surface area contributed by atoms with E-state index in [-0.39, 0.29) is 11.1 Å². The molecule has 0 bridgehead atoms. The van der Waals surface area contributed by atoms with Crippen LogP contribution in [0, 0.1) is 10.1 Å². The Hall–Kier alpha value is -3.79. The lowest BCUT2D eigenvalue weighted by Gasteiger charge is -2.34. The van der Waals surface area contributed by atoms with Crippen LogP contribution in [-0.2, 0) is 4.79 Å². The molecule has 1 saturated heterocycles. The molecule has 10 heteroatoms. The molecule has 4 rings (SSSR count). The first-order valence-electron chi connectivity index (χ1n) is 9.82. The van der Waals surface area contributed by atoms with Crippen molar-refractivity contribution in [2.24, 2.45) is 0 Å². The number of piperazine rings is 1. The molecule has 2 aliphatic heterocycles. The monoisotopic (exact) mass is 423 g/mol. The summed E-state index contributed by atoms with van der Waals surface area (Å²) in [5.74, 6) is -2.12. The second-order valence-electron chi connectivity index (χ2n) is 7.54. The number of hydrogen-bond acceptors (Lipinski definition) is 7. The first kappa shape index (κ1) is 20.5. The van der Waals surface area contributed by atoms with Crippen molar-refractivity contribution in [1.29, 1.82) is 0 Å². The van der Waals surface area contributed by atoms with Crippen molar-refractivity contribution in [3.63, 3.8) is 0 Å². The van der Waals surface area contributed by atoms with Crippen LogP contribution in [0.3, 0.4) is 0 Å². The summed E-state index contributed by atoms with van der Waals surface area (Å²) in [7, 11) is 2.09. The third kappa shape index (κ3) is 3.97. The van der Waals surface area contributed by atoms with Gasteiger partial charge in [0, 0.05) is 43.6 Å². The summed E-state index contributed by atoms with van der Waals surface area (Å²) in [5.41, 5.74) is 0.799. The lowest BCUT2D eigenvalue weighted by Crippen LogP contribution is -2.44. The number of hydrogen-bond donors (Lipinski definition) is 1. The van der Waals surface area contributed by atoms with Crippen LogP contribution in [0.5, 0.6) is 0 Å². The quantitative estimate of drug-likeness (QED) is 0.441. The van der Waals surface area contributed by atoms with Gasteiger partial charge in [0.25, 0.3) is 17.5 Å². The summed E-state index contributed by atoms with van der Waals surface area (Å²) in [6, 6.07) is 11.2. The van der Waals surface area contributed by atoms with Crippen LogP contribution in [-0.4, -0.2) is 72.2 Å². The fourth-order valence-electron chi connectivity index (χ4n) is 3.78. The normalized spacial score (nSPS) is 16.4. The van der Waals surface area contributed by atoms with E-state index in [0.29, 0.717) is 5.69 Å². The Balaban J connectivity index is 1.41. The molecule has 1 N–H and O–H groups in total. The Kier molecular flexibility index (Phi) is 5.38. The van der Waals surface area contributed by atoms with E-state index in [1.54, 1.807) is 12.1 Å². The van der Waals surface area contributed by atoms with Crippen LogP contribution in [0.15, 0.2) is 42.5 Å². The van der Waals surface area contributed by atoms with Crippen molar-refractivity contribution in [2.45, 2.75) is 0 Å². The second-order valence-corrected chi connectivity index (χ2v) is 7.54. The highest BCUT2D eigenvalue weighted by Crippen LogP contribution is 2.30. The molecule has 2 aromatic carbocycles. The maximum Gasteiger partial charge on any atom is 0.282 e. The van der Waals surface area contributed by atoms with Crippen LogP contribution < -0.4 is 10.2 Å². The van der Waals surface area contributed by atoms with Gasteiger partial charge >= 0.3 is 0 Å². The summed E-state index contributed by atoms with van der Waals surface area (Å²) in [6.07, 6.45) is 0. The van der Waals surface area contributed by atoms with Gasteiger partial charge in [0.05, 0.1) is 10.5 Å². The Labute approximate surface area is 178 Å². The molecule has 2 heterocycles. The summed E-state index contributed by atoms with van der Waals surface area (Å²) in [6.45, 7) is 3.29. The number of fused-ring (bicyclic) bond motifs is 1. The molecule has 0 unspecified atom stereocenters. The zero-order chi connectivity index (χ0) is 22.1. The highest BCUT2D eigenvalue weighted by atomic mass is 16.6. The van der Waals surface area contributed by atoms with Crippen LogP contribution in [0.2, 0.25) is 0 Å². The zero-order valence-electron chi connectivity index (χ0n) is 16.9. The largest absolute Gasteiger partial charge is 0.369 e. The number of nitro groups is 1. The number of nitrogens with zero attached hydrogens (tertiary/aromatic N) is 4. The van der Waals surface area contributed by atoms with E-state index in [1.165, 1.54) is 12.1 Å². The number of benzene rings is 2. The van der Waals surface area contributed by atoms with Crippen LogP contribution in [0.1, 0.15) is 20.7 Å². The number of nitrogens with one attached hydrogen (secondary N) is 1. The summed E-state index contributed by atoms with van der Waals surface area (Å²) in [4.78, 5) is 53.2. The predicted molar refractivity (Wildman–Crippen MR) is 113 cm³/mol. The van der Waals surface area contributed by atoms with Gasteiger partial charge in [0.15, 0.2) is 0 Å². The van der Waals surface area contributed by atoms with E-state index in [0.717, 1.165) is 42.8 Å². The molecule has 0 saturated carbocycles. The molecule has 31 heavy (non-hydrogen) atoms. The van der Waals surface area contributed by atoms with Gasteiger partial charge in [0.2, 0.25) is 5.91 Å². The van der Waals surface area contributed by atoms with Crippen molar-refractivity contribution in [1.82, 2.24) is 9.80 Å². The van der Waals surface area contributed by atoms with E-state index in [9.17, 15) is 24.5 Å². The molecule has 1 fully saturated rings. The fourth-order valence-corrected chi connectivity index (χ4v) is 3.78. The lowest BCUT2D eigenvalue weighted by atomic mass is 10.1. The van der Waals surface area contributed by atoms with Crippen LogP contribution in [0.4, 0.5) is 17.1 Å². The summed E-state index contributed by atoms with van der Waals surface area (Å²) >= 11 is 0. The van der Waals surface area contributed by atoms with Crippen LogP contribution in [0.25, 0.3) is 0 Å². The number of nitro benzene ring substituents is 1. The molecule has 0 spiro atoms. The number of anilines is 2. The van der Waals surface area contributed by atoms with Crippen LogP contribution >= 0.6 is 0 Å². The highest BCUT2D eigenvalue weighted by Gasteiger charge is 2.41. The molecule has 160 valence electrons. The van der Waals surface area contributed by atoms with E-state index >= 15 is 0 Å². The molecule has 3 amide bonds. The molecule has 0 aliphatic carbocycles. The third-order valence-electron chi connectivity index (χ3n) is 5.49. The minimum atomic E-state index is -0.840. The zero-order valence-corrected chi connectivity index (χ0v) is 16.9. The molecule has 0 atom stereocenters. The number of carbonyl (C=O) groups excluding carboxylic acids is 3. The number of likely N-dealkylation sites (N-methyl/N-ethyl adjacent to an activating group) is 1. The van der Waals surface area contributed by atoms with Crippen molar-refractivity contribution >= 4 is 34.8 Å². The number of carbonyl (C=O) groups is 3. The van der Waals surface area contributed by atoms with Gasteiger partial charge in [-0.15, -0.1) is 0 Å². The maximum atomic E-state index is 12.6. The van der Waals surface area contributed by atoms with Crippen molar-refractivity contribution in [2.75, 3.05) is 50.0 Å². The Morgan fingerprint density at radius 3 is 2.35 bits per heavy atom. The minimum Gasteiger partial charge on any atom is -0.369 e. The summed E-state index contributed by atoms with van der Waals surface area (Å²) < 4.78 is 0. The second kappa shape index (κ2) is 8.15. The van der Waals surface area contributed by atoms with Gasteiger partial charge in [-0.1, -0.05) is 6.07 Å². The molecule has 0 radical (unpaired) electrons. The first-order valence-corrected chi connectivity index (χ1v) is 9.82. The molecule has 10 nitrogen and oxygen atoms in total. The smallest absolute Gasteiger partial charge is 0.282 e. The van der Waals surface area contributed by atoms with Gasteiger partial charge in [-0.05, 0) is 37.4 Å². The average Bonchev–Trinajstić information content (AvgIpc) is 3.00. The molecular formula is C21H21N5O5. The van der Waals surface area contributed by atoms with Crippen molar-refractivity contribution in [3.05, 3.63) is 63.7 Å². The van der Waals surface area contributed by atoms with Gasteiger partial charge in [-0.3, -0.25) is 29.4 Å². The predicted octanol–water partition coefficient (Wildman–Crippen LogP) is 1.58. The number of rotatable bonds is 5. The van der Waals surface area contributed by atoms with Gasteiger partial charge in [-0.2, -0.15) is 0 Å². The Morgan fingerprint density at radius 1 is 1.03 bits per heavy atom. The Bertz CT molecular complexity index is 1060. The highest BCUT2D eigenvalue weighted by molar-refractivity contribution is 6.24.